The average Bonchev–Trinajstić information content (AvgIpc) is 3.12. The van der Waals surface area contributed by atoms with Crippen molar-refractivity contribution >= 4 is 11.6 Å². The van der Waals surface area contributed by atoms with Gasteiger partial charge in [0.25, 0.3) is 11.6 Å². The SMILES string of the molecule is Cc1cccc(C(=O)NCc2cccc(Cn3ccnc3)c2)c1[N+](=O)[O-]. The molecular weight excluding hydrogens is 332 g/mol. The van der Waals surface area contributed by atoms with Gasteiger partial charge in [0.1, 0.15) is 5.56 Å². The molecule has 2 aromatic carbocycles. The number of amides is 1. The highest BCUT2D eigenvalue weighted by molar-refractivity contribution is 5.98. The molecule has 0 aliphatic rings. The Morgan fingerprint density at radius 1 is 1.23 bits per heavy atom. The van der Waals surface area contributed by atoms with Crippen molar-refractivity contribution in [3.8, 4) is 0 Å². The van der Waals surface area contributed by atoms with Crippen LogP contribution in [0.2, 0.25) is 0 Å². The third kappa shape index (κ3) is 3.94. The molecule has 0 unspecified atom stereocenters. The zero-order valence-corrected chi connectivity index (χ0v) is 14.3. The summed E-state index contributed by atoms with van der Waals surface area (Å²) in [6, 6.07) is 12.5. The van der Waals surface area contributed by atoms with E-state index in [-0.39, 0.29) is 11.3 Å². The lowest BCUT2D eigenvalue weighted by atomic mass is 10.1. The maximum atomic E-state index is 12.4. The van der Waals surface area contributed by atoms with Crippen LogP contribution in [0.1, 0.15) is 27.0 Å². The van der Waals surface area contributed by atoms with Crippen LogP contribution >= 0.6 is 0 Å². The molecule has 0 aliphatic carbocycles. The number of carbonyl (C=O) groups excluding carboxylic acids is 1. The highest BCUT2D eigenvalue weighted by atomic mass is 16.6. The Balaban J connectivity index is 1.71. The predicted molar refractivity (Wildman–Crippen MR) is 96.8 cm³/mol. The molecule has 132 valence electrons. The maximum absolute atomic E-state index is 12.4. The number of benzene rings is 2. The lowest BCUT2D eigenvalue weighted by Gasteiger charge is -2.09. The fourth-order valence-electron chi connectivity index (χ4n) is 2.79. The molecule has 3 rings (SSSR count). The molecule has 0 saturated carbocycles. The smallest absolute Gasteiger partial charge is 0.285 e. The van der Waals surface area contributed by atoms with Crippen molar-refractivity contribution in [3.05, 3.63) is 93.6 Å². The van der Waals surface area contributed by atoms with Crippen molar-refractivity contribution < 1.29 is 9.72 Å². The van der Waals surface area contributed by atoms with E-state index >= 15 is 0 Å². The van der Waals surface area contributed by atoms with Gasteiger partial charge in [-0.3, -0.25) is 14.9 Å². The molecule has 0 saturated heterocycles. The average molecular weight is 350 g/mol. The number of aryl methyl sites for hydroxylation is 1. The summed E-state index contributed by atoms with van der Waals surface area (Å²) in [6.45, 7) is 2.60. The minimum atomic E-state index is -0.518. The van der Waals surface area contributed by atoms with Gasteiger partial charge >= 0.3 is 0 Å². The molecule has 0 bridgehead atoms. The Labute approximate surface area is 150 Å². The second kappa shape index (κ2) is 7.60. The van der Waals surface area contributed by atoms with Gasteiger partial charge in [-0.05, 0) is 24.1 Å². The molecule has 1 amide bonds. The molecule has 1 aromatic heterocycles. The Morgan fingerprint density at radius 3 is 2.73 bits per heavy atom. The number of carbonyl (C=O) groups is 1. The third-order valence-corrected chi connectivity index (χ3v) is 4.03. The van der Waals surface area contributed by atoms with Crippen molar-refractivity contribution in [1.82, 2.24) is 14.9 Å². The molecule has 1 heterocycles. The normalized spacial score (nSPS) is 10.5. The van der Waals surface area contributed by atoms with Gasteiger partial charge in [0.15, 0.2) is 0 Å². The fourth-order valence-corrected chi connectivity index (χ4v) is 2.79. The number of imidazole rings is 1. The molecule has 0 atom stereocenters. The Morgan fingerprint density at radius 2 is 2.00 bits per heavy atom. The monoisotopic (exact) mass is 350 g/mol. The molecule has 0 spiro atoms. The first-order valence-corrected chi connectivity index (χ1v) is 8.10. The van der Waals surface area contributed by atoms with Gasteiger partial charge in [-0.2, -0.15) is 0 Å². The van der Waals surface area contributed by atoms with E-state index in [4.69, 9.17) is 0 Å². The van der Waals surface area contributed by atoms with E-state index in [1.165, 1.54) is 6.07 Å². The third-order valence-electron chi connectivity index (χ3n) is 4.03. The van der Waals surface area contributed by atoms with E-state index in [1.807, 2.05) is 35.0 Å². The zero-order valence-electron chi connectivity index (χ0n) is 14.3. The Kier molecular flexibility index (Phi) is 5.07. The van der Waals surface area contributed by atoms with Crippen molar-refractivity contribution in [2.45, 2.75) is 20.0 Å². The predicted octanol–water partition coefficient (Wildman–Crippen LogP) is 3.08. The Hall–Kier alpha value is -3.48. The van der Waals surface area contributed by atoms with Crippen LogP contribution in [0.3, 0.4) is 0 Å². The Bertz CT molecular complexity index is 936. The topological polar surface area (TPSA) is 90.1 Å². The summed E-state index contributed by atoms with van der Waals surface area (Å²) in [7, 11) is 0. The summed E-state index contributed by atoms with van der Waals surface area (Å²) >= 11 is 0. The summed E-state index contributed by atoms with van der Waals surface area (Å²) in [6.07, 6.45) is 5.34. The highest BCUT2D eigenvalue weighted by Crippen LogP contribution is 2.23. The number of hydrogen-bond donors (Lipinski definition) is 1. The number of para-hydroxylation sites is 1. The van der Waals surface area contributed by atoms with Crippen LogP contribution in [0.4, 0.5) is 5.69 Å². The molecule has 7 heteroatoms. The van der Waals surface area contributed by atoms with Gasteiger partial charge in [0.2, 0.25) is 0 Å². The maximum Gasteiger partial charge on any atom is 0.285 e. The first-order chi connectivity index (χ1) is 12.5. The van der Waals surface area contributed by atoms with E-state index in [0.717, 1.165) is 11.1 Å². The molecule has 3 aromatic rings. The number of nitro groups is 1. The van der Waals surface area contributed by atoms with Gasteiger partial charge in [-0.1, -0.05) is 36.4 Å². The highest BCUT2D eigenvalue weighted by Gasteiger charge is 2.22. The standard InChI is InChI=1S/C19H18N4O3/c1-14-4-2-7-17(18(14)23(25)26)19(24)21-11-15-5-3-6-16(10-15)12-22-9-8-20-13-22/h2-10,13H,11-12H2,1H3,(H,21,24). The van der Waals surface area contributed by atoms with Crippen LogP contribution in [0.25, 0.3) is 0 Å². The van der Waals surface area contributed by atoms with Crippen LogP contribution < -0.4 is 5.32 Å². The van der Waals surface area contributed by atoms with Crippen LogP contribution in [0.5, 0.6) is 0 Å². The van der Waals surface area contributed by atoms with Gasteiger partial charge < -0.3 is 9.88 Å². The van der Waals surface area contributed by atoms with Crippen LogP contribution in [-0.2, 0) is 13.1 Å². The van der Waals surface area contributed by atoms with Crippen molar-refractivity contribution in [2.24, 2.45) is 0 Å². The second-order valence-corrected chi connectivity index (χ2v) is 5.97. The number of hydrogen-bond acceptors (Lipinski definition) is 4. The number of nitrogens with zero attached hydrogens (tertiary/aromatic N) is 3. The second-order valence-electron chi connectivity index (χ2n) is 5.97. The summed E-state index contributed by atoms with van der Waals surface area (Å²) in [5.41, 5.74) is 2.39. The molecule has 7 nitrogen and oxygen atoms in total. The fraction of sp³-hybridized carbons (Fsp3) is 0.158. The van der Waals surface area contributed by atoms with Gasteiger partial charge in [0, 0.05) is 31.0 Å². The molecule has 0 fully saturated rings. The van der Waals surface area contributed by atoms with E-state index in [0.29, 0.717) is 18.7 Å². The van der Waals surface area contributed by atoms with E-state index in [9.17, 15) is 14.9 Å². The summed E-state index contributed by atoms with van der Waals surface area (Å²) in [5, 5.41) is 14.0. The van der Waals surface area contributed by atoms with Crippen molar-refractivity contribution in [2.75, 3.05) is 0 Å². The van der Waals surface area contributed by atoms with E-state index < -0.39 is 10.8 Å². The van der Waals surface area contributed by atoms with Crippen LogP contribution in [0, 0.1) is 17.0 Å². The van der Waals surface area contributed by atoms with Crippen LogP contribution in [0.15, 0.2) is 61.2 Å². The first kappa shape index (κ1) is 17.3. The van der Waals surface area contributed by atoms with E-state index in [1.54, 1.807) is 31.6 Å². The molecular formula is C19H18N4O3. The number of aromatic nitrogens is 2. The largest absolute Gasteiger partial charge is 0.348 e. The molecule has 0 radical (unpaired) electrons. The lowest BCUT2D eigenvalue weighted by molar-refractivity contribution is -0.385. The molecule has 26 heavy (non-hydrogen) atoms. The van der Waals surface area contributed by atoms with Crippen LogP contribution in [-0.4, -0.2) is 20.4 Å². The number of rotatable bonds is 6. The number of nitro benzene ring substituents is 1. The summed E-state index contributed by atoms with van der Waals surface area (Å²) in [4.78, 5) is 27.1. The molecule has 1 N–H and O–H groups in total. The van der Waals surface area contributed by atoms with Crippen molar-refractivity contribution in [3.63, 3.8) is 0 Å². The van der Waals surface area contributed by atoms with Gasteiger partial charge in [-0.25, -0.2) is 4.98 Å². The van der Waals surface area contributed by atoms with Gasteiger partial charge in [-0.15, -0.1) is 0 Å². The number of nitrogens with one attached hydrogen (secondary N) is 1. The zero-order chi connectivity index (χ0) is 18.5. The van der Waals surface area contributed by atoms with Gasteiger partial charge in [0.05, 0.1) is 11.3 Å². The lowest BCUT2D eigenvalue weighted by Crippen LogP contribution is -2.24. The summed E-state index contributed by atoms with van der Waals surface area (Å²) < 4.78 is 1.95. The quantitative estimate of drug-likeness (QED) is 0.546. The van der Waals surface area contributed by atoms with E-state index in [2.05, 4.69) is 10.3 Å². The first-order valence-electron chi connectivity index (χ1n) is 8.10. The molecule has 0 aliphatic heterocycles. The minimum absolute atomic E-state index is 0.0737. The summed E-state index contributed by atoms with van der Waals surface area (Å²) in [5.74, 6) is -0.458. The van der Waals surface area contributed by atoms with Crippen molar-refractivity contribution in [1.29, 1.82) is 0 Å². The minimum Gasteiger partial charge on any atom is -0.348 e.